The number of likely N-dealkylation sites (tertiary alicyclic amines) is 1. The molecule has 1 amide bonds. The Morgan fingerprint density at radius 1 is 1.16 bits per heavy atom. The highest BCUT2D eigenvalue weighted by molar-refractivity contribution is 5.81. The number of hydrogen-bond acceptors (Lipinski definition) is 7. The van der Waals surface area contributed by atoms with Gasteiger partial charge in [0.05, 0.1) is 25.3 Å². The number of pyridine rings is 1. The van der Waals surface area contributed by atoms with E-state index in [-0.39, 0.29) is 24.7 Å². The normalized spacial score (nSPS) is 19.3. The number of nitrogens with zero attached hydrogens (tertiary/aromatic N) is 5. The van der Waals surface area contributed by atoms with E-state index in [1.54, 1.807) is 17.3 Å². The van der Waals surface area contributed by atoms with Crippen molar-refractivity contribution in [3.8, 4) is 11.1 Å². The molecule has 2 aromatic heterocycles. The lowest BCUT2D eigenvalue weighted by atomic mass is 9.90. The van der Waals surface area contributed by atoms with Gasteiger partial charge < -0.3 is 19.6 Å². The molecule has 2 fully saturated rings. The van der Waals surface area contributed by atoms with E-state index in [1.807, 2.05) is 18.3 Å². The summed E-state index contributed by atoms with van der Waals surface area (Å²) in [6, 6.07) is 3.87. The van der Waals surface area contributed by atoms with Crippen molar-refractivity contribution in [2.24, 2.45) is 0 Å². The summed E-state index contributed by atoms with van der Waals surface area (Å²) in [5.41, 5.74) is 2.79. The molecule has 1 atom stereocenters. The Balaban J connectivity index is 1.62. The van der Waals surface area contributed by atoms with Crippen molar-refractivity contribution in [3.63, 3.8) is 0 Å². The van der Waals surface area contributed by atoms with Crippen LogP contribution in [0, 0.1) is 0 Å². The summed E-state index contributed by atoms with van der Waals surface area (Å²) in [4.78, 5) is 41.1. The maximum Gasteiger partial charge on any atom is 0.303 e. The number of aromatic nitrogens is 3. The summed E-state index contributed by atoms with van der Waals surface area (Å²) in [7, 11) is 0. The fourth-order valence-electron chi connectivity index (χ4n) is 4.16. The third-order valence-corrected chi connectivity index (χ3v) is 5.79. The van der Waals surface area contributed by atoms with Gasteiger partial charge in [-0.2, -0.15) is 0 Å². The maximum atomic E-state index is 12.5. The number of piperidine rings is 1. The van der Waals surface area contributed by atoms with E-state index in [2.05, 4.69) is 14.9 Å². The summed E-state index contributed by atoms with van der Waals surface area (Å²) >= 11 is 0. The molecule has 9 nitrogen and oxygen atoms in total. The molecule has 9 heteroatoms. The van der Waals surface area contributed by atoms with Gasteiger partial charge in [0.25, 0.3) is 0 Å². The van der Waals surface area contributed by atoms with Crippen LogP contribution in [-0.4, -0.2) is 76.2 Å². The minimum absolute atomic E-state index is 0.0281. The molecule has 2 saturated heterocycles. The Hall–Kier alpha value is -3.07. The standard InChI is InChI=1S/C22H27N5O4/c28-19(5-6-20(29)30)27-8-2-4-17(15-27)21-18(16-3-1-7-23-13-16)14-24-22(25-21)26-9-11-31-12-10-26/h1,3,7,13-14,17H,2,4-6,8-12,15H2,(H,29,30). The van der Waals surface area contributed by atoms with Gasteiger partial charge in [-0.05, 0) is 18.9 Å². The molecule has 0 aliphatic carbocycles. The molecule has 0 bridgehead atoms. The second-order valence-electron chi connectivity index (χ2n) is 7.88. The monoisotopic (exact) mass is 425 g/mol. The zero-order valence-electron chi connectivity index (χ0n) is 17.4. The lowest BCUT2D eigenvalue weighted by Gasteiger charge is -2.34. The minimum atomic E-state index is -0.952. The van der Waals surface area contributed by atoms with Crippen molar-refractivity contribution >= 4 is 17.8 Å². The molecule has 0 aromatic carbocycles. The van der Waals surface area contributed by atoms with E-state index in [1.165, 1.54) is 0 Å². The highest BCUT2D eigenvalue weighted by Crippen LogP contribution is 2.34. The summed E-state index contributed by atoms with van der Waals surface area (Å²) in [5, 5.41) is 8.90. The van der Waals surface area contributed by atoms with Crippen LogP contribution in [0.1, 0.15) is 37.3 Å². The number of carbonyl (C=O) groups is 2. The van der Waals surface area contributed by atoms with Crippen molar-refractivity contribution < 1.29 is 19.4 Å². The molecule has 2 aromatic rings. The summed E-state index contributed by atoms with van der Waals surface area (Å²) < 4.78 is 5.45. The summed E-state index contributed by atoms with van der Waals surface area (Å²) in [5.74, 6) is -0.329. The molecule has 4 heterocycles. The molecule has 0 spiro atoms. The number of carboxylic acids is 1. The molecule has 31 heavy (non-hydrogen) atoms. The van der Waals surface area contributed by atoms with E-state index in [0.717, 1.165) is 42.8 Å². The van der Waals surface area contributed by atoms with Crippen molar-refractivity contribution in [1.29, 1.82) is 0 Å². The van der Waals surface area contributed by atoms with Gasteiger partial charge in [0.1, 0.15) is 0 Å². The van der Waals surface area contributed by atoms with Gasteiger partial charge in [0.2, 0.25) is 11.9 Å². The Bertz CT molecular complexity index is 917. The Kier molecular flexibility index (Phi) is 6.71. The number of aliphatic carboxylic acids is 1. The Labute approximate surface area is 181 Å². The highest BCUT2D eigenvalue weighted by atomic mass is 16.5. The van der Waals surface area contributed by atoms with Crippen molar-refractivity contribution in [1.82, 2.24) is 19.9 Å². The van der Waals surface area contributed by atoms with E-state index in [0.29, 0.717) is 32.3 Å². The second kappa shape index (κ2) is 9.82. The number of ether oxygens (including phenoxy) is 1. The summed E-state index contributed by atoms with van der Waals surface area (Å²) in [6.45, 7) is 3.98. The first-order valence-electron chi connectivity index (χ1n) is 10.7. The smallest absolute Gasteiger partial charge is 0.303 e. The van der Waals surface area contributed by atoms with E-state index in [9.17, 15) is 9.59 Å². The SMILES string of the molecule is O=C(O)CCC(=O)N1CCCC(c2nc(N3CCOCC3)ncc2-c2cccnc2)C1. The van der Waals surface area contributed by atoms with Gasteiger partial charge in [-0.1, -0.05) is 6.07 Å². The van der Waals surface area contributed by atoms with Crippen LogP contribution in [0.5, 0.6) is 0 Å². The molecule has 1 unspecified atom stereocenters. The lowest BCUT2D eigenvalue weighted by molar-refractivity contribution is -0.141. The first-order valence-corrected chi connectivity index (χ1v) is 10.7. The minimum Gasteiger partial charge on any atom is -0.481 e. The van der Waals surface area contributed by atoms with Crippen LogP contribution >= 0.6 is 0 Å². The van der Waals surface area contributed by atoms with Crippen molar-refractivity contribution in [2.45, 2.75) is 31.6 Å². The van der Waals surface area contributed by atoms with Gasteiger partial charge in [-0.3, -0.25) is 14.6 Å². The van der Waals surface area contributed by atoms with E-state index in [4.69, 9.17) is 14.8 Å². The molecule has 4 rings (SSSR count). The number of rotatable bonds is 6. The number of hydrogen-bond donors (Lipinski definition) is 1. The molecule has 164 valence electrons. The molecular formula is C22H27N5O4. The van der Waals surface area contributed by atoms with E-state index >= 15 is 0 Å². The third-order valence-electron chi connectivity index (χ3n) is 5.79. The van der Waals surface area contributed by atoms with Crippen LogP contribution in [-0.2, 0) is 14.3 Å². The lowest BCUT2D eigenvalue weighted by Crippen LogP contribution is -2.40. The summed E-state index contributed by atoms with van der Waals surface area (Å²) in [6.07, 6.45) is 7.04. The van der Waals surface area contributed by atoms with Gasteiger partial charge in [0, 0.05) is 68.2 Å². The second-order valence-corrected chi connectivity index (χ2v) is 7.88. The van der Waals surface area contributed by atoms with Gasteiger partial charge in [-0.15, -0.1) is 0 Å². The van der Waals surface area contributed by atoms with Crippen LogP contribution in [0.3, 0.4) is 0 Å². The predicted molar refractivity (Wildman–Crippen MR) is 114 cm³/mol. The van der Waals surface area contributed by atoms with E-state index < -0.39 is 5.97 Å². The maximum absolute atomic E-state index is 12.5. The van der Waals surface area contributed by atoms with Gasteiger partial charge >= 0.3 is 5.97 Å². The zero-order valence-corrected chi connectivity index (χ0v) is 17.4. The average Bonchev–Trinajstić information content (AvgIpc) is 2.83. The average molecular weight is 425 g/mol. The fraction of sp³-hybridized carbons (Fsp3) is 0.500. The number of morpholine rings is 1. The number of amides is 1. The zero-order chi connectivity index (χ0) is 21.6. The van der Waals surface area contributed by atoms with Crippen molar-refractivity contribution in [3.05, 3.63) is 36.4 Å². The topological polar surface area (TPSA) is 109 Å². The van der Waals surface area contributed by atoms with Crippen molar-refractivity contribution in [2.75, 3.05) is 44.3 Å². The van der Waals surface area contributed by atoms with Crippen LogP contribution in [0.2, 0.25) is 0 Å². The molecule has 2 aliphatic heterocycles. The Morgan fingerprint density at radius 2 is 2.00 bits per heavy atom. The fourth-order valence-corrected chi connectivity index (χ4v) is 4.16. The Morgan fingerprint density at radius 3 is 2.74 bits per heavy atom. The third kappa shape index (κ3) is 5.16. The first-order chi connectivity index (χ1) is 15.1. The van der Waals surface area contributed by atoms with Gasteiger partial charge in [0.15, 0.2) is 0 Å². The largest absolute Gasteiger partial charge is 0.481 e. The molecule has 0 saturated carbocycles. The highest BCUT2D eigenvalue weighted by Gasteiger charge is 2.29. The molecule has 2 aliphatic rings. The first kappa shape index (κ1) is 21.2. The molecule has 0 radical (unpaired) electrons. The number of carboxylic acid groups (broad SMARTS) is 1. The number of carbonyl (C=O) groups excluding carboxylic acids is 1. The quantitative estimate of drug-likeness (QED) is 0.748. The predicted octanol–water partition coefficient (Wildman–Crippen LogP) is 1.95. The molecule has 1 N–H and O–H groups in total. The number of anilines is 1. The van der Waals surface area contributed by atoms with Crippen LogP contribution < -0.4 is 4.90 Å². The van der Waals surface area contributed by atoms with Crippen LogP contribution in [0.15, 0.2) is 30.7 Å². The van der Waals surface area contributed by atoms with Crippen LogP contribution in [0.4, 0.5) is 5.95 Å². The van der Waals surface area contributed by atoms with Crippen LogP contribution in [0.25, 0.3) is 11.1 Å². The van der Waals surface area contributed by atoms with Gasteiger partial charge in [-0.25, -0.2) is 9.97 Å². The molecular weight excluding hydrogens is 398 g/mol.